The predicted octanol–water partition coefficient (Wildman–Crippen LogP) is 1.55. The number of halogens is 1. The highest BCUT2D eigenvalue weighted by Crippen LogP contribution is 2.23. The first-order chi connectivity index (χ1) is 8.62. The molecule has 0 aliphatic rings. The first kappa shape index (κ1) is 15.6. The third-order valence-electron chi connectivity index (χ3n) is 2.33. The van der Waals surface area contributed by atoms with E-state index >= 15 is 0 Å². The summed E-state index contributed by atoms with van der Waals surface area (Å²) in [5.41, 5.74) is 0.456. The Kier molecular flexibility index (Phi) is 4.62. The molecule has 19 heavy (non-hydrogen) atoms. The van der Waals surface area contributed by atoms with E-state index in [9.17, 15) is 18.0 Å². The van der Waals surface area contributed by atoms with Gasteiger partial charge in [-0.2, -0.15) is 0 Å². The molecule has 0 radical (unpaired) electrons. The fourth-order valence-corrected chi connectivity index (χ4v) is 2.56. The number of benzene rings is 1. The van der Waals surface area contributed by atoms with Gasteiger partial charge in [0, 0.05) is 0 Å². The van der Waals surface area contributed by atoms with E-state index in [2.05, 4.69) is 0 Å². The van der Waals surface area contributed by atoms with Crippen molar-refractivity contribution >= 4 is 39.3 Å². The third kappa shape index (κ3) is 3.99. The fraction of sp³-hybridized carbons (Fsp3) is 0.167. The Balaban J connectivity index is 3.33. The first-order valence-corrected chi connectivity index (χ1v) is 7.11. The van der Waals surface area contributed by atoms with Crippen LogP contribution in [0.1, 0.15) is 19.4 Å². The number of carbonyl (C=O) groups excluding carboxylic acids is 2. The Labute approximate surface area is 116 Å². The van der Waals surface area contributed by atoms with E-state index in [4.69, 9.17) is 16.7 Å². The molecule has 1 aromatic carbocycles. The van der Waals surface area contributed by atoms with Crippen LogP contribution in [0.3, 0.4) is 0 Å². The van der Waals surface area contributed by atoms with Crippen LogP contribution in [0.5, 0.6) is 0 Å². The number of hydrogen-bond acceptors (Lipinski definition) is 4. The van der Waals surface area contributed by atoms with Crippen LogP contribution in [0, 0.1) is 0 Å². The Morgan fingerprint density at radius 1 is 1.21 bits per heavy atom. The van der Waals surface area contributed by atoms with Crippen molar-refractivity contribution in [3.63, 3.8) is 0 Å². The molecule has 1 aromatic rings. The van der Waals surface area contributed by atoms with Gasteiger partial charge in [-0.15, -0.1) is 0 Å². The maximum Gasteiger partial charge on any atom is 0.239 e. The topological polar surface area (TPSA) is 94.3 Å². The van der Waals surface area contributed by atoms with Gasteiger partial charge in [-0.3, -0.25) is 9.59 Å². The molecule has 0 amide bonds. The number of ketones is 2. The molecule has 0 heterocycles. The Morgan fingerprint density at radius 3 is 2.11 bits per heavy atom. The minimum atomic E-state index is -3.90. The molecule has 0 aromatic heterocycles. The van der Waals surface area contributed by atoms with Crippen LogP contribution in [0.25, 0.3) is 6.08 Å². The number of Topliss-reactive ketones (excluding diaryl/α,β-unsaturated/α-hetero) is 2. The molecular weight excluding hydrogens is 290 g/mol. The third-order valence-corrected chi connectivity index (χ3v) is 3.73. The summed E-state index contributed by atoms with van der Waals surface area (Å²) in [6, 6.07) is 3.96. The molecule has 2 N–H and O–H groups in total. The van der Waals surface area contributed by atoms with Gasteiger partial charge in [0.05, 0.1) is 10.6 Å². The molecule has 1 rings (SSSR count). The molecule has 0 saturated carbocycles. The SMILES string of the molecule is CC(=O)C(=Cc1ccc(S(N)(=O)=O)c(Cl)c1)C(C)=O. The second-order valence-electron chi connectivity index (χ2n) is 3.91. The quantitative estimate of drug-likeness (QED) is 0.518. The number of sulfonamides is 1. The molecule has 102 valence electrons. The summed E-state index contributed by atoms with van der Waals surface area (Å²) in [6.45, 7) is 2.54. The maximum atomic E-state index is 11.3. The number of primary sulfonamides is 1. The summed E-state index contributed by atoms with van der Waals surface area (Å²) in [5.74, 6) is -0.752. The Morgan fingerprint density at radius 2 is 1.74 bits per heavy atom. The summed E-state index contributed by atoms with van der Waals surface area (Å²) in [5, 5.41) is 4.90. The van der Waals surface area contributed by atoms with E-state index in [-0.39, 0.29) is 27.1 Å². The highest BCUT2D eigenvalue weighted by molar-refractivity contribution is 7.89. The molecule has 0 unspecified atom stereocenters. The van der Waals surface area contributed by atoms with E-state index < -0.39 is 10.0 Å². The minimum Gasteiger partial charge on any atom is -0.294 e. The van der Waals surface area contributed by atoms with Crippen molar-refractivity contribution in [2.24, 2.45) is 5.14 Å². The fourth-order valence-electron chi connectivity index (χ4n) is 1.46. The summed E-state index contributed by atoms with van der Waals surface area (Å²) in [7, 11) is -3.90. The zero-order valence-electron chi connectivity index (χ0n) is 10.3. The van der Waals surface area contributed by atoms with Crippen LogP contribution in [-0.4, -0.2) is 20.0 Å². The van der Waals surface area contributed by atoms with E-state index in [0.29, 0.717) is 5.56 Å². The van der Waals surface area contributed by atoms with Crippen LogP contribution in [0.4, 0.5) is 0 Å². The van der Waals surface area contributed by atoms with Crippen molar-refractivity contribution in [2.75, 3.05) is 0 Å². The predicted molar refractivity (Wildman–Crippen MR) is 72.2 cm³/mol. The standard InChI is InChI=1S/C12H12ClNO4S/c1-7(15)10(8(2)16)5-9-3-4-12(11(13)6-9)19(14,17)18/h3-6H,1-2H3,(H2,14,17,18). The summed E-state index contributed by atoms with van der Waals surface area (Å²) in [6.07, 6.45) is 1.35. The molecular formula is C12H12ClNO4S. The maximum absolute atomic E-state index is 11.3. The van der Waals surface area contributed by atoms with Crippen LogP contribution >= 0.6 is 11.6 Å². The van der Waals surface area contributed by atoms with Crippen molar-refractivity contribution in [3.8, 4) is 0 Å². The number of hydrogen-bond donors (Lipinski definition) is 1. The molecule has 0 bridgehead atoms. The van der Waals surface area contributed by atoms with Crippen molar-refractivity contribution in [2.45, 2.75) is 18.7 Å². The highest BCUT2D eigenvalue weighted by Gasteiger charge is 2.14. The normalized spacial score (nSPS) is 10.9. The van der Waals surface area contributed by atoms with Gasteiger partial charge in [0.1, 0.15) is 4.90 Å². The molecule has 0 aliphatic heterocycles. The second-order valence-corrected chi connectivity index (χ2v) is 5.84. The van der Waals surface area contributed by atoms with Gasteiger partial charge in [0.15, 0.2) is 11.6 Å². The summed E-state index contributed by atoms with van der Waals surface area (Å²) >= 11 is 5.80. The molecule has 0 spiro atoms. The lowest BCUT2D eigenvalue weighted by Crippen LogP contribution is -2.12. The van der Waals surface area contributed by atoms with Crippen molar-refractivity contribution in [1.29, 1.82) is 0 Å². The molecule has 0 saturated heterocycles. The molecule has 0 atom stereocenters. The zero-order valence-corrected chi connectivity index (χ0v) is 11.9. The van der Waals surface area contributed by atoms with Gasteiger partial charge in [0.2, 0.25) is 10.0 Å². The molecule has 7 heteroatoms. The highest BCUT2D eigenvalue weighted by atomic mass is 35.5. The van der Waals surface area contributed by atoms with E-state index in [0.717, 1.165) is 0 Å². The summed E-state index contributed by atoms with van der Waals surface area (Å²) < 4.78 is 22.3. The van der Waals surface area contributed by atoms with Crippen molar-refractivity contribution in [3.05, 3.63) is 34.4 Å². The number of nitrogens with two attached hydrogens (primary N) is 1. The van der Waals surface area contributed by atoms with Crippen LogP contribution in [0.2, 0.25) is 5.02 Å². The minimum absolute atomic E-state index is 0.0134. The van der Waals surface area contributed by atoms with Gasteiger partial charge in [-0.1, -0.05) is 17.7 Å². The van der Waals surface area contributed by atoms with E-state index in [1.54, 1.807) is 0 Å². The average molecular weight is 302 g/mol. The van der Waals surface area contributed by atoms with Crippen LogP contribution < -0.4 is 5.14 Å². The number of carbonyl (C=O) groups is 2. The van der Waals surface area contributed by atoms with E-state index in [1.165, 1.54) is 38.1 Å². The first-order valence-electron chi connectivity index (χ1n) is 5.19. The largest absolute Gasteiger partial charge is 0.294 e. The Bertz CT molecular complexity index is 661. The molecule has 0 fully saturated rings. The number of allylic oxidation sites excluding steroid dienone is 1. The van der Waals surface area contributed by atoms with Crippen molar-refractivity contribution < 1.29 is 18.0 Å². The summed E-state index contributed by atoms with van der Waals surface area (Å²) in [4.78, 5) is 22.3. The number of rotatable bonds is 4. The molecule has 0 aliphatic carbocycles. The van der Waals surface area contributed by atoms with Crippen molar-refractivity contribution in [1.82, 2.24) is 0 Å². The van der Waals surface area contributed by atoms with Gasteiger partial charge < -0.3 is 0 Å². The zero-order chi connectivity index (χ0) is 14.8. The van der Waals surface area contributed by atoms with Gasteiger partial charge >= 0.3 is 0 Å². The van der Waals surface area contributed by atoms with Gasteiger partial charge in [0.25, 0.3) is 0 Å². The monoisotopic (exact) mass is 301 g/mol. The second kappa shape index (κ2) is 5.64. The lowest BCUT2D eigenvalue weighted by atomic mass is 10.0. The van der Waals surface area contributed by atoms with E-state index in [1.807, 2.05) is 0 Å². The lowest BCUT2D eigenvalue weighted by molar-refractivity contribution is -0.119. The smallest absolute Gasteiger partial charge is 0.239 e. The lowest BCUT2D eigenvalue weighted by Gasteiger charge is -2.04. The van der Waals surface area contributed by atoms with Crippen LogP contribution in [0.15, 0.2) is 28.7 Å². The van der Waals surface area contributed by atoms with Crippen LogP contribution in [-0.2, 0) is 19.6 Å². The Hall–Kier alpha value is -1.50. The van der Waals surface area contributed by atoms with Gasteiger partial charge in [-0.25, -0.2) is 13.6 Å². The molecule has 5 nitrogen and oxygen atoms in total. The van der Waals surface area contributed by atoms with Gasteiger partial charge in [-0.05, 0) is 37.6 Å². The average Bonchev–Trinajstić information content (AvgIpc) is 2.23.